The zero-order valence-corrected chi connectivity index (χ0v) is 12.9. The van der Waals surface area contributed by atoms with E-state index >= 15 is 0 Å². The Labute approximate surface area is 135 Å². The van der Waals surface area contributed by atoms with Crippen LogP contribution in [0.5, 0.6) is 5.75 Å². The number of aromatic hydroxyl groups is 1. The number of benzene rings is 2. The van der Waals surface area contributed by atoms with Gasteiger partial charge in [-0.1, -0.05) is 30.3 Å². The van der Waals surface area contributed by atoms with Crippen molar-refractivity contribution in [2.24, 2.45) is 5.92 Å². The second kappa shape index (κ2) is 6.82. The van der Waals surface area contributed by atoms with Gasteiger partial charge in [0.1, 0.15) is 0 Å². The summed E-state index contributed by atoms with van der Waals surface area (Å²) in [6, 6.07) is 14.1. The first-order valence-electron chi connectivity index (χ1n) is 7.95. The lowest BCUT2D eigenvalue weighted by Gasteiger charge is -2.33. The highest BCUT2D eigenvalue weighted by molar-refractivity contribution is 5.94. The molecular weight excluding hydrogens is 293 g/mol. The number of phenolic OH excluding ortho intramolecular Hbond substituents is 1. The molecule has 3 rings (SSSR count). The highest BCUT2D eigenvalue weighted by Crippen LogP contribution is 2.23. The summed E-state index contributed by atoms with van der Waals surface area (Å²) in [5, 5.41) is 9.24. The fourth-order valence-electron chi connectivity index (χ4n) is 3.19. The first-order chi connectivity index (χ1) is 11.1. The van der Waals surface area contributed by atoms with Crippen molar-refractivity contribution < 1.29 is 14.3 Å². The number of carbonyl (C=O) groups is 1. The minimum Gasteiger partial charge on any atom is -0.505 e. The van der Waals surface area contributed by atoms with Gasteiger partial charge in [0, 0.05) is 18.7 Å². The van der Waals surface area contributed by atoms with Crippen molar-refractivity contribution in [3.63, 3.8) is 0 Å². The molecule has 1 aliphatic rings. The summed E-state index contributed by atoms with van der Waals surface area (Å²) in [4.78, 5) is 14.3. The van der Waals surface area contributed by atoms with Crippen LogP contribution in [0.2, 0.25) is 0 Å². The fraction of sp³-hybridized carbons (Fsp3) is 0.316. The Morgan fingerprint density at radius 3 is 2.74 bits per heavy atom. The molecule has 1 amide bonds. The van der Waals surface area contributed by atoms with Gasteiger partial charge < -0.3 is 10.0 Å². The van der Waals surface area contributed by atoms with Gasteiger partial charge in [-0.05, 0) is 48.9 Å². The summed E-state index contributed by atoms with van der Waals surface area (Å²) in [5.74, 6) is -0.922. The maximum atomic E-state index is 13.5. The highest BCUT2D eigenvalue weighted by atomic mass is 19.1. The smallest absolute Gasteiger partial charge is 0.253 e. The topological polar surface area (TPSA) is 40.5 Å². The number of phenols is 1. The Morgan fingerprint density at radius 1 is 1.22 bits per heavy atom. The molecule has 4 heteroatoms. The number of likely N-dealkylation sites (tertiary alicyclic amines) is 1. The van der Waals surface area contributed by atoms with Crippen molar-refractivity contribution >= 4 is 5.91 Å². The monoisotopic (exact) mass is 313 g/mol. The lowest BCUT2D eigenvalue weighted by molar-refractivity contribution is 0.0673. The van der Waals surface area contributed by atoms with E-state index in [2.05, 4.69) is 12.1 Å². The van der Waals surface area contributed by atoms with Gasteiger partial charge in [0.05, 0.1) is 0 Å². The van der Waals surface area contributed by atoms with Gasteiger partial charge in [0.2, 0.25) is 0 Å². The molecule has 0 bridgehead atoms. The van der Waals surface area contributed by atoms with Crippen LogP contribution >= 0.6 is 0 Å². The number of hydrogen-bond donors (Lipinski definition) is 1. The normalized spacial score (nSPS) is 18.0. The minimum atomic E-state index is -0.756. The molecule has 0 aromatic heterocycles. The number of amides is 1. The molecular formula is C19H20FNO2. The molecule has 1 heterocycles. The van der Waals surface area contributed by atoms with E-state index in [0.717, 1.165) is 25.3 Å². The summed E-state index contributed by atoms with van der Waals surface area (Å²) >= 11 is 0. The summed E-state index contributed by atoms with van der Waals surface area (Å²) in [7, 11) is 0. The SMILES string of the molecule is O=C(c1ccc(O)c(F)c1)N1CCC[C@@H](Cc2ccccc2)C1. The van der Waals surface area contributed by atoms with Gasteiger partial charge in [-0.25, -0.2) is 4.39 Å². The average molecular weight is 313 g/mol. The van der Waals surface area contributed by atoms with Gasteiger partial charge in [-0.3, -0.25) is 4.79 Å². The molecule has 1 N–H and O–H groups in total. The van der Waals surface area contributed by atoms with Gasteiger partial charge in [0.15, 0.2) is 11.6 Å². The Hall–Kier alpha value is -2.36. The van der Waals surface area contributed by atoms with Crippen LogP contribution in [0.1, 0.15) is 28.8 Å². The number of hydrogen-bond acceptors (Lipinski definition) is 2. The van der Waals surface area contributed by atoms with Crippen molar-refractivity contribution in [2.75, 3.05) is 13.1 Å². The first kappa shape index (κ1) is 15.5. The fourth-order valence-corrected chi connectivity index (χ4v) is 3.19. The standard InChI is InChI=1S/C19H20FNO2/c20-17-12-16(8-9-18(17)22)19(23)21-10-4-7-15(13-21)11-14-5-2-1-3-6-14/h1-3,5-6,8-9,12,15,22H,4,7,10-11,13H2/t15-/m0/s1. The molecule has 2 aromatic rings. The lowest BCUT2D eigenvalue weighted by atomic mass is 9.91. The Kier molecular flexibility index (Phi) is 4.60. The second-order valence-electron chi connectivity index (χ2n) is 6.12. The summed E-state index contributed by atoms with van der Waals surface area (Å²) in [5.41, 5.74) is 1.57. The van der Waals surface area contributed by atoms with Crippen LogP contribution in [0.25, 0.3) is 0 Å². The number of halogens is 1. The third-order valence-electron chi connectivity index (χ3n) is 4.37. The van der Waals surface area contributed by atoms with Crippen molar-refractivity contribution in [3.05, 3.63) is 65.5 Å². The Morgan fingerprint density at radius 2 is 2.00 bits per heavy atom. The predicted octanol–water partition coefficient (Wildman–Crippen LogP) is 3.63. The van der Waals surface area contributed by atoms with E-state index in [1.165, 1.54) is 17.7 Å². The van der Waals surface area contributed by atoms with E-state index in [4.69, 9.17) is 0 Å². The van der Waals surface area contributed by atoms with Crippen LogP contribution < -0.4 is 0 Å². The van der Waals surface area contributed by atoms with E-state index in [1.807, 2.05) is 18.2 Å². The van der Waals surface area contributed by atoms with Gasteiger partial charge in [0.25, 0.3) is 5.91 Å². The van der Waals surface area contributed by atoms with Crippen molar-refractivity contribution in [2.45, 2.75) is 19.3 Å². The van der Waals surface area contributed by atoms with Crippen LogP contribution in [0.4, 0.5) is 4.39 Å². The van der Waals surface area contributed by atoms with Crippen molar-refractivity contribution in [3.8, 4) is 5.75 Å². The number of rotatable bonds is 3. The van der Waals surface area contributed by atoms with Crippen LogP contribution in [-0.4, -0.2) is 29.0 Å². The maximum absolute atomic E-state index is 13.5. The van der Waals surface area contributed by atoms with Crippen LogP contribution in [0, 0.1) is 11.7 Å². The third-order valence-corrected chi connectivity index (χ3v) is 4.37. The van der Waals surface area contributed by atoms with E-state index < -0.39 is 11.6 Å². The van der Waals surface area contributed by atoms with E-state index in [1.54, 1.807) is 4.90 Å². The molecule has 1 aliphatic heterocycles. The maximum Gasteiger partial charge on any atom is 0.253 e. The zero-order chi connectivity index (χ0) is 16.2. The van der Waals surface area contributed by atoms with Gasteiger partial charge in [-0.15, -0.1) is 0 Å². The Bertz CT molecular complexity index is 687. The molecule has 0 aliphatic carbocycles. The zero-order valence-electron chi connectivity index (χ0n) is 12.9. The van der Waals surface area contributed by atoms with Gasteiger partial charge in [-0.2, -0.15) is 0 Å². The second-order valence-corrected chi connectivity index (χ2v) is 6.12. The molecule has 1 saturated heterocycles. The lowest BCUT2D eigenvalue weighted by Crippen LogP contribution is -2.40. The molecule has 23 heavy (non-hydrogen) atoms. The molecule has 0 saturated carbocycles. The van der Waals surface area contributed by atoms with Crippen LogP contribution in [0.3, 0.4) is 0 Å². The number of carbonyl (C=O) groups excluding carboxylic acids is 1. The highest BCUT2D eigenvalue weighted by Gasteiger charge is 2.25. The van der Waals surface area contributed by atoms with Crippen LogP contribution in [-0.2, 0) is 6.42 Å². The molecule has 0 radical (unpaired) electrons. The molecule has 0 unspecified atom stereocenters. The quantitative estimate of drug-likeness (QED) is 0.940. The average Bonchev–Trinajstić information content (AvgIpc) is 2.58. The minimum absolute atomic E-state index is 0.165. The first-order valence-corrected chi connectivity index (χ1v) is 7.95. The Balaban J connectivity index is 1.68. The van der Waals surface area contributed by atoms with E-state index in [-0.39, 0.29) is 5.91 Å². The molecule has 120 valence electrons. The van der Waals surface area contributed by atoms with Crippen LogP contribution in [0.15, 0.2) is 48.5 Å². The predicted molar refractivity (Wildman–Crippen MR) is 86.8 cm³/mol. The van der Waals surface area contributed by atoms with Gasteiger partial charge >= 0.3 is 0 Å². The molecule has 3 nitrogen and oxygen atoms in total. The number of piperidine rings is 1. The summed E-state index contributed by atoms with van der Waals surface area (Å²) in [6.07, 6.45) is 3.01. The van der Waals surface area contributed by atoms with E-state index in [9.17, 15) is 14.3 Å². The number of nitrogens with zero attached hydrogens (tertiary/aromatic N) is 1. The molecule has 0 spiro atoms. The largest absolute Gasteiger partial charge is 0.505 e. The van der Waals surface area contributed by atoms with Crippen molar-refractivity contribution in [1.82, 2.24) is 4.90 Å². The van der Waals surface area contributed by atoms with E-state index in [0.29, 0.717) is 24.6 Å². The third kappa shape index (κ3) is 3.70. The summed E-state index contributed by atoms with van der Waals surface area (Å²) < 4.78 is 13.5. The molecule has 2 aromatic carbocycles. The van der Waals surface area contributed by atoms with Crippen molar-refractivity contribution in [1.29, 1.82) is 0 Å². The molecule has 1 atom stereocenters. The molecule has 1 fully saturated rings. The summed E-state index contributed by atoms with van der Waals surface area (Å²) in [6.45, 7) is 1.39.